The van der Waals surface area contributed by atoms with Crippen molar-refractivity contribution in [2.24, 2.45) is 5.92 Å². The summed E-state index contributed by atoms with van der Waals surface area (Å²) in [4.78, 5) is 43.7. The molecule has 0 saturated carbocycles. The molecule has 0 aromatic carbocycles. The van der Waals surface area contributed by atoms with E-state index in [9.17, 15) is 14.4 Å². The van der Waals surface area contributed by atoms with Gasteiger partial charge in [-0.2, -0.15) is 0 Å². The molecule has 0 radical (unpaired) electrons. The SMILES string of the molecule is CCOC(=O)[C@H]1Cc2cccnc2N1C(=O)[C@@H](NC(=O)OC(C)(C)C)C(C)C. The van der Waals surface area contributed by atoms with E-state index in [1.165, 1.54) is 4.90 Å². The first-order valence-corrected chi connectivity index (χ1v) is 9.48. The van der Waals surface area contributed by atoms with Gasteiger partial charge in [0.25, 0.3) is 5.91 Å². The molecule has 1 aliphatic rings. The van der Waals surface area contributed by atoms with Crippen molar-refractivity contribution < 1.29 is 23.9 Å². The van der Waals surface area contributed by atoms with Crippen LogP contribution in [0.1, 0.15) is 47.1 Å². The van der Waals surface area contributed by atoms with Gasteiger partial charge in [0.1, 0.15) is 23.5 Å². The van der Waals surface area contributed by atoms with Gasteiger partial charge in [0.2, 0.25) is 0 Å². The van der Waals surface area contributed by atoms with Crippen molar-refractivity contribution in [3.63, 3.8) is 0 Å². The fourth-order valence-electron chi connectivity index (χ4n) is 3.04. The fraction of sp³-hybridized carbons (Fsp3) is 0.600. The van der Waals surface area contributed by atoms with Crippen LogP contribution in [0.25, 0.3) is 0 Å². The van der Waals surface area contributed by atoms with E-state index in [4.69, 9.17) is 9.47 Å². The molecule has 1 aromatic heterocycles. The van der Waals surface area contributed by atoms with E-state index in [1.54, 1.807) is 40.0 Å². The molecule has 1 aliphatic heterocycles. The van der Waals surface area contributed by atoms with Gasteiger partial charge >= 0.3 is 12.1 Å². The number of pyridine rings is 1. The van der Waals surface area contributed by atoms with Gasteiger partial charge in [-0.1, -0.05) is 19.9 Å². The number of aromatic nitrogens is 1. The van der Waals surface area contributed by atoms with E-state index >= 15 is 0 Å². The molecule has 8 heteroatoms. The van der Waals surface area contributed by atoms with Crippen molar-refractivity contribution in [3.05, 3.63) is 23.9 Å². The Morgan fingerprint density at radius 2 is 2.00 bits per heavy atom. The lowest BCUT2D eigenvalue weighted by atomic mass is 10.0. The van der Waals surface area contributed by atoms with Crippen LogP contribution in [-0.4, -0.2) is 47.2 Å². The summed E-state index contributed by atoms with van der Waals surface area (Å²) < 4.78 is 10.4. The highest BCUT2D eigenvalue weighted by Crippen LogP contribution is 2.31. The molecular weight excluding hydrogens is 362 g/mol. The van der Waals surface area contributed by atoms with Gasteiger partial charge in [-0.05, 0) is 45.2 Å². The van der Waals surface area contributed by atoms with E-state index in [1.807, 2.05) is 19.9 Å². The summed E-state index contributed by atoms with van der Waals surface area (Å²) in [5, 5.41) is 2.64. The van der Waals surface area contributed by atoms with Crippen molar-refractivity contribution in [1.82, 2.24) is 10.3 Å². The smallest absolute Gasteiger partial charge is 0.408 e. The number of esters is 1. The minimum atomic E-state index is -0.875. The number of anilines is 1. The number of carbonyl (C=O) groups excluding carboxylic acids is 3. The summed E-state index contributed by atoms with van der Waals surface area (Å²) in [6.07, 6.45) is 1.20. The number of carbonyl (C=O) groups is 3. The summed E-state index contributed by atoms with van der Waals surface area (Å²) in [5.41, 5.74) is 0.0953. The monoisotopic (exact) mass is 391 g/mol. The molecule has 2 rings (SSSR count). The fourth-order valence-corrected chi connectivity index (χ4v) is 3.04. The Balaban J connectivity index is 2.32. The van der Waals surface area contributed by atoms with Crippen molar-refractivity contribution in [1.29, 1.82) is 0 Å². The van der Waals surface area contributed by atoms with Crippen LogP contribution >= 0.6 is 0 Å². The topological polar surface area (TPSA) is 97.8 Å². The number of alkyl carbamates (subject to hydrolysis) is 1. The summed E-state index contributed by atoms with van der Waals surface area (Å²) in [6.45, 7) is 10.8. The Kier molecular flexibility index (Phi) is 6.64. The quantitative estimate of drug-likeness (QED) is 0.774. The van der Waals surface area contributed by atoms with Crippen LogP contribution in [0.5, 0.6) is 0 Å². The zero-order valence-electron chi connectivity index (χ0n) is 17.3. The van der Waals surface area contributed by atoms with Gasteiger partial charge in [0.15, 0.2) is 0 Å². The molecule has 0 spiro atoms. The molecule has 1 aromatic rings. The number of ether oxygens (including phenoxy) is 2. The van der Waals surface area contributed by atoms with E-state index in [0.717, 1.165) is 5.56 Å². The lowest BCUT2D eigenvalue weighted by molar-refractivity contribution is -0.145. The van der Waals surface area contributed by atoms with Crippen LogP contribution in [0, 0.1) is 5.92 Å². The Hall–Kier alpha value is -2.64. The molecule has 154 valence electrons. The first kappa shape index (κ1) is 21.7. The van der Waals surface area contributed by atoms with Crippen LogP contribution in [0.3, 0.4) is 0 Å². The second-order valence-electron chi connectivity index (χ2n) is 8.03. The van der Waals surface area contributed by atoms with Crippen molar-refractivity contribution in [3.8, 4) is 0 Å². The van der Waals surface area contributed by atoms with Gasteiger partial charge in [-0.15, -0.1) is 0 Å². The zero-order valence-corrected chi connectivity index (χ0v) is 17.3. The molecule has 28 heavy (non-hydrogen) atoms. The minimum absolute atomic E-state index is 0.213. The van der Waals surface area contributed by atoms with Gasteiger partial charge in [-0.25, -0.2) is 14.6 Å². The number of hydrogen-bond acceptors (Lipinski definition) is 6. The van der Waals surface area contributed by atoms with E-state index in [2.05, 4.69) is 10.3 Å². The summed E-state index contributed by atoms with van der Waals surface area (Å²) >= 11 is 0. The third-order valence-corrected chi connectivity index (χ3v) is 4.22. The Labute approximate surface area is 165 Å². The highest BCUT2D eigenvalue weighted by molar-refractivity contribution is 6.04. The van der Waals surface area contributed by atoms with Gasteiger partial charge in [0.05, 0.1) is 6.61 Å². The molecule has 0 aliphatic carbocycles. The van der Waals surface area contributed by atoms with E-state index in [0.29, 0.717) is 12.2 Å². The highest BCUT2D eigenvalue weighted by atomic mass is 16.6. The van der Waals surface area contributed by atoms with Crippen LogP contribution in [0.15, 0.2) is 18.3 Å². The lowest BCUT2D eigenvalue weighted by Gasteiger charge is -2.30. The van der Waals surface area contributed by atoms with Crippen molar-refractivity contribution >= 4 is 23.8 Å². The molecule has 0 unspecified atom stereocenters. The molecule has 8 nitrogen and oxygen atoms in total. The normalized spacial score (nSPS) is 17.1. The first-order valence-electron chi connectivity index (χ1n) is 9.48. The average Bonchev–Trinajstić information content (AvgIpc) is 2.97. The van der Waals surface area contributed by atoms with Crippen LogP contribution < -0.4 is 10.2 Å². The summed E-state index contributed by atoms with van der Waals surface area (Å²) in [5.74, 6) is -0.720. The number of rotatable bonds is 5. The average molecular weight is 391 g/mol. The van der Waals surface area contributed by atoms with Gasteiger partial charge < -0.3 is 14.8 Å². The zero-order chi connectivity index (χ0) is 21.1. The number of fused-ring (bicyclic) bond motifs is 1. The van der Waals surface area contributed by atoms with Gasteiger partial charge in [0, 0.05) is 12.6 Å². The standard InChI is InChI=1S/C20H29N3O5/c1-7-27-18(25)14-11-13-9-8-10-21-16(13)23(14)17(24)15(12(2)3)22-19(26)28-20(4,5)6/h8-10,12,14-15H,7,11H2,1-6H3,(H,22,26)/t14-,15+/m1/s1. The maximum absolute atomic E-state index is 13.4. The second-order valence-corrected chi connectivity index (χ2v) is 8.03. The Bertz CT molecular complexity index is 742. The predicted molar refractivity (Wildman–Crippen MR) is 104 cm³/mol. The molecule has 0 saturated heterocycles. The number of nitrogens with one attached hydrogen (secondary N) is 1. The second kappa shape index (κ2) is 8.58. The molecular formula is C20H29N3O5. The molecule has 2 amide bonds. The minimum Gasteiger partial charge on any atom is -0.464 e. The molecule has 2 atom stereocenters. The number of hydrogen-bond donors (Lipinski definition) is 1. The van der Waals surface area contributed by atoms with Crippen LogP contribution in [-0.2, 0) is 25.5 Å². The highest BCUT2D eigenvalue weighted by Gasteiger charge is 2.43. The summed E-state index contributed by atoms with van der Waals surface area (Å²) in [7, 11) is 0. The van der Waals surface area contributed by atoms with E-state index in [-0.39, 0.29) is 12.5 Å². The molecule has 0 bridgehead atoms. The predicted octanol–water partition coefficient (Wildman–Crippen LogP) is 2.45. The summed E-state index contributed by atoms with van der Waals surface area (Å²) in [6, 6.07) is 1.90. The van der Waals surface area contributed by atoms with Crippen molar-refractivity contribution in [2.75, 3.05) is 11.5 Å². The van der Waals surface area contributed by atoms with Gasteiger partial charge in [-0.3, -0.25) is 9.69 Å². The third kappa shape index (κ3) is 4.99. The maximum Gasteiger partial charge on any atom is 0.408 e. The van der Waals surface area contributed by atoms with E-state index < -0.39 is 35.7 Å². The Morgan fingerprint density at radius 1 is 1.32 bits per heavy atom. The van der Waals surface area contributed by atoms with Crippen LogP contribution in [0.4, 0.5) is 10.6 Å². The first-order chi connectivity index (χ1) is 13.0. The van der Waals surface area contributed by atoms with Crippen LogP contribution in [0.2, 0.25) is 0 Å². The molecule has 2 heterocycles. The Morgan fingerprint density at radius 3 is 2.57 bits per heavy atom. The molecule has 1 N–H and O–H groups in total. The third-order valence-electron chi connectivity index (χ3n) is 4.22. The number of nitrogens with zero attached hydrogens (tertiary/aromatic N) is 2. The lowest BCUT2D eigenvalue weighted by Crippen LogP contribution is -2.55. The van der Waals surface area contributed by atoms with Crippen molar-refractivity contribution in [2.45, 2.75) is 65.6 Å². The largest absolute Gasteiger partial charge is 0.464 e. The molecule has 0 fully saturated rings. The maximum atomic E-state index is 13.4. The number of amides is 2.